The maximum Gasteiger partial charge on any atom is 0.309 e. The van der Waals surface area contributed by atoms with Crippen LogP contribution in [0.25, 0.3) is 10.8 Å². The van der Waals surface area contributed by atoms with Crippen LogP contribution in [0.5, 0.6) is 0 Å². The standard InChI is InChI=1S/C13H12O5S/c1-18-13(14)8-9-6-7-12(19(15,16)17)11-5-3-2-4-10(9)11/h2-7H,8H2,1H3,(H,15,16,17). The van der Waals surface area contributed by atoms with Gasteiger partial charge in [0.2, 0.25) is 0 Å². The van der Waals surface area contributed by atoms with Crippen LogP contribution in [0.3, 0.4) is 0 Å². The van der Waals surface area contributed by atoms with Crippen molar-refractivity contribution >= 4 is 26.9 Å². The summed E-state index contributed by atoms with van der Waals surface area (Å²) in [7, 11) is -3.01. The van der Waals surface area contributed by atoms with Crippen molar-refractivity contribution in [3.05, 3.63) is 42.0 Å². The SMILES string of the molecule is COC(=O)Cc1ccc(S(=O)(=O)O)c2ccccc12. The first kappa shape index (κ1) is 13.5. The third kappa shape index (κ3) is 2.74. The number of hydrogen-bond acceptors (Lipinski definition) is 4. The van der Waals surface area contributed by atoms with E-state index in [1.165, 1.54) is 19.2 Å². The molecule has 5 nitrogen and oxygen atoms in total. The predicted octanol–water partition coefficient (Wildman–Crippen LogP) is 1.80. The lowest BCUT2D eigenvalue weighted by atomic mass is 10.0. The van der Waals surface area contributed by atoms with Crippen LogP contribution >= 0.6 is 0 Å². The number of benzene rings is 2. The van der Waals surface area contributed by atoms with Crippen molar-refractivity contribution in [2.75, 3.05) is 7.11 Å². The van der Waals surface area contributed by atoms with E-state index < -0.39 is 16.1 Å². The fourth-order valence-corrected chi connectivity index (χ4v) is 2.64. The summed E-state index contributed by atoms with van der Waals surface area (Å²) in [5.74, 6) is -0.412. The van der Waals surface area contributed by atoms with Crippen molar-refractivity contribution in [3.8, 4) is 0 Å². The molecule has 0 aliphatic rings. The van der Waals surface area contributed by atoms with E-state index in [-0.39, 0.29) is 11.3 Å². The Labute approximate surface area is 110 Å². The molecule has 0 atom stereocenters. The highest BCUT2D eigenvalue weighted by Gasteiger charge is 2.16. The molecule has 0 bridgehead atoms. The lowest BCUT2D eigenvalue weighted by molar-refractivity contribution is -0.139. The van der Waals surface area contributed by atoms with Gasteiger partial charge < -0.3 is 4.74 Å². The molecule has 0 radical (unpaired) electrons. The molecule has 0 unspecified atom stereocenters. The summed E-state index contributed by atoms with van der Waals surface area (Å²) in [6, 6.07) is 9.47. The van der Waals surface area contributed by atoms with Gasteiger partial charge in [0.05, 0.1) is 13.5 Å². The first-order valence-corrected chi connectivity index (χ1v) is 6.92. The summed E-state index contributed by atoms with van der Waals surface area (Å²) in [6.07, 6.45) is 0.0444. The minimum Gasteiger partial charge on any atom is -0.469 e. The topological polar surface area (TPSA) is 80.7 Å². The molecule has 19 heavy (non-hydrogen) atoms. The maximum atomic E-state index is 11.3. The monoisotopic (exact) mass is 280 g/mol. The Morgan fingerprint density at radius 3 is 2.37 bits per heavy atom. The highest BCUT2D eigenvalue weighted by Crippen LogP contribution is 2.26. The molecule has 2 rings (SSSR count). The van der Waals surface area contributed by atoms with Crippen LogP contribution in [0.2, 0.25) is 0 Å². The molecule has 0 heterocycles. The van der Waals surface area contributed by atoms with E-state index in [1.54, 1.807) is 24.3 Å². The van der Waals surface area contributed by atoms with E-state index in [0.29, 0.717) is 16.3 Å². The molecule has 2 aromatic carbocycles. The maximum absolute atomic E-state index is 11.3. The number of carbonyl (C=O) groups is 1. The Morgan fingerprint density at radius 2 is 1.79 bits per heavy atom. The summed E-state index contributed by atoms with van der Waals surface area (Å²) in [6.45, 7) is 0. The Balaban J connectivity index is 2.69. The van der Waals surface area contributed by atoms with Crippen LogP contribution in [0.4, 0.5) is 0 Å². The van der Waals surface area contributed by atoms with Gasteiger partial charge >= 0.3 is 5.97 Å². The smallest absolute Gasteiger partial charge is 0.309 e. The van der Waals surface area contributed by atoms with Crippen molar-refractivity contribution in [2.45, 2.75) is 11.3 Å². The molecule has 0 spiro atoms. The van der Waals surface area contributed by atoms with E-state index in [9.17, 15) is 17.8 Å². The number of rotatable bonds is 3. The molecule has 0 amide bonds. The summed E-state index contributed by atoms with van der Waals surface area (Å²) in [5, 5.41) is 0.981. The van der Waals surface area contributed by atoms with Crippen molar-refractivity contribution < 1.29 is 22.5 Å². The Kier molecular flexibility index (Phi) is 3.55. The molecule has 0 saturated heterocycles. The third-order valence-corrected chi connectivity index (χ3v) is 3.73. The van der Waals surface area contributed by atoms with E-state index in [4.69, 9.17) is 0 Å². The van der Waals surface area contributed by atoms with Gasteiger partial charge in [0.25, 0.3) is 10.1 Å². The average Bonchev–Trinajstić information content (AvgIpc) is 2.37. The lowest BCUT2D eigenvalue weighted by Gasteiger charge is -2.08. The zero-order valence-electron chi connectivity index (χ0n) is 10.2. The number of hydrogen-bond donors (Lipinski definition) is 1. The summed E-state index contributed by atoms with van der Waals surface area (Å²) in [4.78, 5) is 11.1. The van der Waals surface area contributed by atoms with E-state index in [0.717, 1.165) is 0 Å². The van der Waals surface area contributed by atoms with Crippen molar-refractivity contribution in [1.82, 2.24) is 0 Å². The normalized spacial score (nSPS) is 11.5. The molecule has 1 N–H and O–H groups in total. The first-order valence-electron chi connectivity index (χ1n) is 5.48. The van der Waals surface area contributed by atoms with Gasteiger partial charge in [-0.1, -0.05) is 30.3 Å². The Hall–Kier alpha value is -1.92. The van der Waals surface area contributed by atoms with Crippen LogP contribution in [0, 0.1) is 0 Å². The quantitative estimate of drug-likeness (QED) is 0.685. The number of methoxy groups -OCH3 is 1. The van der Waals surface area contributed by atoms with Gasteiger partial charge in [-0.15, -0.1) is 0 Å². The highest BCUT2D eigenvalue weighted by atomic mass is 32.2. The van der Waals surface area contributed by atoms with Gasteiger partial charge in [0.1, 0.15) is 4.90 Å². The molecule has 0 aromatic heterocycles. The summed E-state index contributed by atoms with van der Waals surface area (Å²) >= 11 is 0. The lowest BCUT2D eigenvalue weighted by Crippen LogP contribution is -2.06. The summed E-state index contributed by atoms with van der Waals surface area (Å²) in [5.41, 5.74) is 0.648. The fourth-order valence-electron chi connectivity index (χ4n) is 1.94. The van der Waals surface area contributed by atoms with Crippen molar-refractivity contribution in [3.63, 3.8) is 0 Å². The second kappa shape index (κ2) is 4.99. The van der Waals surface area contributed by atoms with Crippen molar-refractivity contribution in [1.29, 1.82) is 0 Å². The van der Waals surface area contributed by atoms with E-state index in [1.807, 2.05) is 0 Å². The van der Waals surface area contributed by atoms with Crippen LogP contribution < -0.4 is 0 Å². The van der Waals surface area contributed by atoms with Crippen LogP contribution in [-0.4, -0.2) is 26.0 Å². The molecule has 100 valence electrons. The van der Waals surface area contributed by atoms with Gasteiger partial charge in [-0.25, -0.2) is 0 Å². The Morgan fingerprint density at radius 1 is 1.16 bits per heavy atom. The Bertz CT molecular complexity index is 734. The van der Waals surface area contributed by atoms with Gasteiger partial charge in [-0.2, -0.15) is 8.42 Å². The predicted molar refractivity (Wildman–Crippen MR) is 69.5 cm³/mol. The molecular weight excluding hydrogens is 268 g/mol. The molecule has 6 heteroatoms. The number of carbonyl (C=O) groups excluding carboxylic acids is 1. The van der Waals surface area contributed by atoms with E-state index >= 15 is 0 Å². The number of fused-ring (bicyclic) bond motifs is 1. The van der Waals surface area contributed by atoms with E-state index in [2.05, 4.69) is 4.74 Å². The number of esters is 1. The van der Waals surface area contributed by atoms with Gasteiger partial charge in [0.15, 0.2) is 0 Å². The average molecular weight is 280 g/mol. The van der Waals surface area contributed by atoms with Gasteiger partial charge in [-0.3, -0.25) is 9.35 Å². The zero-order valence-corrected chi connectivity index (χ0v) is 11.0. The minimum absolute atomic E-state index is 0.0444. The first-order chi connectivity index (χ1) is 8.93. The second-order valence-corrected chi connectivity index (χ2v) is 5.39. The minimum atomic E-state index is -4.30. The fraction of sp³-hybridized carbons (Fsp3) is 0.154. The molecule has 0 fully saturated rings. The number of ether oxygens (including phenoxy) is 1. The molecular formula is C13H12O5S. The van der Waals surface area contributed by atoms with Crippen LogP contribution in [-0.2, 0) is 26.1 Å². The third-order valence-electron chi connectivity index (χ3n) is 2.81. The molecule has 2 aromatic rings. The van der Waals surface area contributed by atoms with Crippen molar-refractivity contribution in [2.24, 2.45) is 0 Å². The zero-order chi connectivity index (χ0) is 14.0. The molecule has 0 aliphatic carbocycles. The van der Waals surface area contributed by atoms with Crippen LogP contribution in [0.1, 0.15) is 5.56 Å². The van der Waals surface area contributed by atoms with Gasteiger partial charge in [-0.05, 0) is 17.0 Å². The molecule has 0 saturated carbocycles. The summed E-state index contributed by atoms with van der Waals surface area (Å²) < 4.78 is 36.4. The van der Waals surface area contributed by atoms with Crippen LogP contribution in [0.15, 0.2) is 41.3 Å². The largest absolute Gasteiger partial charge is 0.469 e. The highest BCUT2D eigenvalue weighted by molar-refractivity contribution is 7.86. The second-order valence-electron chi connectivity index (χ2n) is 4.00. The molecule has 0 aliphatic heterocycles. The van der Waals surface area contributed by atoms with Gasteiger partial charge in [0, 0.05) is 5.39 Å².